The maximum Gasteiger partial charge on any atom is 0.0622 e. The van der Waals surface area contributed by atoms with E-state index < -0.39 is 0 Å². The summed E-state index contributed by atoms with van der Waals surface area (Å²) in [6.45, 7) is 10.1. The SMILES string of the molecule is C1CNCCN1.N#CCCCN1CCNCC1. The highest BCUT2D eigenvalue weighted by molar-refractivity contribution is 4.72. The van der Waals surface area contributed by atoms with E-state index in [0.717, 1.165) is 65.3 Å². The van der Waals surface area contributed by atoms with Gasteiger partial charge in [0.2, 0.25) is 0 Å². The van der Waals surface area contributed by atoms with Crippen LogP contribution in [0.2, 0.25) is 0 Å². The van der Waals surface area contributed by atoms with Crippen molar-refractivity contribution < 1.29 is 0 Å². The van der Waals surface area contributed by atoms with Crippen LogP contribution in [0.5, 0.6) is 0 Å². The molecule has 2 fully saturated rings. The first-order valence-electron chi connectivity index (χ1n) is 6.65. The van der Waals surface area contributed by atoms with Gasteiger partial charge in [0.15, 0.2) is 0 Å². The summed E-state index contributed by atoms with van der Waals surface area (Å²) in [5.41, 5.74) is 0. The number of rotatable bonds is 3. The minimum Gasteiger partial charge on any atom is -0.314 e. The fourth-order valence-electron chi connectivity index (χ4n) is 1.92. The van der Waals surface area contributed by atoms with Gasteiger partial charge in [-0.25, -0.2) is 0 Å². The first-order valence-corrected chi connectivity index (χ1v) is 6.65. The van der Waals surface area contributed by atoms with Crippen molar-refractivity contribution in [2.45, 2.75) is 12.8 Å². The zero-order chi connectivity index (χ0) is 12.2. The minimum absolute atomic E-state index is 0.698. The molecule has 3 N–H and O–H groups in total. The van der Waals surface area contributed by atoms with Gasteiger partial charge in [0.25, 0.3) is 0 Å². The lowest BCUT2D eigenvalue weighted by atomic mass is 10.3. The second-order valence-corrected chi connectivity index (χ2v) is 4.35. The average Bonchev–Trinajstić information content (AvgIpc) is 2.43. The van der Waals surface area contributed by atoms with Gasteiger partial charge < -0.3 is 20.9 Å². The van der Waals surface area contributed by atoms with Crippen molar-refractivity contribution in [2.75, 3.05) is 58.9 Å². The molecule has 98 valence electrons. The third-order valence-corrected chi connectivity index (χ3v) is 2.93. The van der Waals surface area contributed by atoms with Crippen LogP contribution in [-0.2, 0) is 0 Å². The third-order valence-electron chi connectivity index (χ3n) is 2.93. The molecule has 0 aromatic heterocycles. The molecule has 2 saturated heterocycles. The Balaban J connectivity index is 0.000000202. The molecule has 2 aliphatic heterocycles. The summed E-state index contributed by atoms with van der Waals surface area (Å²) in [6.07, 6.45) is 1.72. The molecule has 5 heteroatoms. The fourth-order valence-corrected chi connectivity index (χ4v) is 1.92. The topological polar surface area (TPSA) is 63.1 Å². The first kappa shape index (κ1) is 14.4. The molecule has 0 aromatic carbocycles. The summed E-state index contributed by atoms with van der Waals surface area (Å²) >= 11 is 0. The maximum atomic E-state index is 8.31. The van der Waals surface area contributed by atoms with Crippen LogP contribution in [0.4, 0.5) is 0 Å². The molecule has 5 nitrogen and oxygen atoms in total. The molecule has 0 saturated carbocycles. The lowest BCUT2D eigenvalue weighted by Crippen LogP contribution is -2.43. The van der Waals surface area contributed by atoms with E-state index in [0.29, 0.717) is 6.42 Å². The lowest BCUT2D eigenvalue weighted by Gasteiger charge is -2.26. The first-order chi connectivity index (χ1) is 8.43. The molecular weight excluding hydrogens is 214 g/mol. The van der Waals surface area contributed by atoms with Crippen LogP contribution >= 0.6 is 0 Å². The number of piperazine rings is 2. The standard InChI is InChI=1S/C8H15N3.C4H10N2/c9-3-1-2-6-11-7-4-10-5-8-11;1-2-6-4-3-5-1/h10H,1-2,4-8H2;5-6H,1-4H2. The van der Waals surface area contributed by atoms with Gasteiger partial charge in [0.1, 0.15) is 0 Å². The van der Waals surface area contributed by atoms with E-state index in [9.17, 15) is 0 Å². The van der Waals surface area contributed by atoms with E-state index in [1.165, 1.54) is 0 Å². The van der Waals surface area contributed by atoms with E-state index >= 15 is 0 Å². The molecule has 2 heterocycles. The van der Waals surface area contributed by atoms with Crippen LogP contribution in [0.1, 0.15) is 12.8 Å². The van der Waals surface area contributed by atoms with Crippen LogP contribution in [0.25, 0.3) is 0 Å². The molecule has 0 unspecified atom stereocenters. The molecule has 0 aromatic rings. The van der Waals surface area contributed by atoms with E-state index in [4.69, 9.17) is 5.26 Å². The molecule has 0 aliphatic carbocycles. The molecule has 0 bridgehead atoms. The molecule has 0 atom stereocenters. The number of unbranched alkanes of at least 4 members (excludes halogenated alkanes) is 1. The van der Waals surface area contributed by atoms with E-state index in [1.54, 1.807) is 0 Å². The van der Waals surface area contributed by atoms with E-state index in [1.807, 2.05) is 0 Å². The summed E-state index contributed by atoms with van der Waals surface area (Å²) < 4.78 is 0. The van der Waals surface area contributed by atoms with Crippen molar-refractivity contribution >= 4 is 0 Å². The number of nitrogens with zero attached hydrogens (tertiary/aromatic N) is 2. The Morgan fingerprint density at radius 2 is 1.41 bits per heavy atom. The average molecular weight is 239 g/mol. The number of nitrogens with one attached hydrogen (secondary N) is 3. The number of nitriles is 1. The van der Waals surface area contributed by atoms with Gasteiger partial charge in [0.05, 0.1) is 6.07 Å². The number of hydrogen-bond donors (Lipinski definition) is 3. The third kappa shape index (κ3) is 8.11. The Bertz CT molecular complexity index is 192. The van der Waals surface area contributed by atoms with Gasteiger partial charge in [-0.15, -0.1) is 0 Å². The van der Waals surface area contributed by atoms with E-state index in [2.05, 4.69) is 26.9 Å². The van der Waals surface area contributed by atoms with Crippen molar-refractivity contribution in [3.05, 3.63) is 0 Å². The van der Waals surface area contributed by atoms with Gasteiger partial charge in [0, 0.05) is 58.8 Å². The second-order valence-electron chi connectivity index (χ2n) is 4.35. The van der Waals surface area contributed by atoms with Crippen LogP contribution in [0.15, 0.2) is 0 Å². The van der Waals surface area contributed by atoms with Gasteiger partial charge in [-0.3, -0.25) is 0 Å². The predicted octanol–water partition coefficient (Wildman–Crippen LogP) is -0.625. The van der Waals surface area contributed by atoms with Gasteiger partial charge in [-0.2, -0.15) is 5.26 Å². The fraction of sp³-hybridized carbons (Fsp3) is 0.917. The van der Waals surface area contributed by atoms with Crippen LogP contribution < -0.4 is 16.0 Å². The summed E-state index contributed by atoms with van der Waals surface area (Å²) in [6, 6.07) is 2.16. The van der Waals surface area contributed by atoms with Crippen LogP contribution in [-0.4, -0.2) is 63.8 Å². The molecule has 2 rings (SSSR count). The van der Waals surface area contributed by atoms with Gasteiger partial charge in [-0.05, 0) is 13.0 Å². The highest BCUT2D eigenvalue weighted by Gasteiger charge is 2.07. The maximum absolute atomic E-state index is 8.31. The Morgan fingerprint density at radius 3 is 1.88 bits per heavy atom. The Morgan fingerprint density at radius 1 is 0.882 bits per heavy atom. The summed E-state index contributed by atoms with van der Waals surface area (Å²) in [4.78, 5) is 2.41. The van der Waals surface area contributed by atoms with Crippen LogP contribution in [0.3, 0.4) is 0 Å². The molecule has 17 heavy (non-hydrogen) atoms. The van der Waals surface area contributed by atoms with Gasteiger partial charge in [-0.1, -0.05) is 0 Å². The summed E-state index contributed by atoms with van der Waals surface area (Å²) in [7, 11) is 0. The highest BCUT2D eigenvalue weighted by Crippen LogP contribution is 1.95. The van der Waals surface area contributed by atoms with E-state index in [-0.39, 0.29) is 0 Å². The lowest BCUT2D eigenvalue weighted by molar-refractivity contribution is 0.239. The molecule has 0 radical (unpaired) electrons. The molecule has 0 spiro atoms. The molecule has 0 amide bonds. The summed E-state index contributed by atoms with van der Waals surface area (Å²) in [5.74, 6) is 0. The Hall–Kier alpha value is -0.670. The second kappa shape index (κ2) is 10.5. The zero-order valence-corrected chi connectivity index (χ0v) is 10.7. The normalized spacial score (nSPS) is 21.1. The predicted molar refractivity (Wildman–Crippen MR) is 69.9 cm³/mol. The molecular formula is C12H25N5. The smallest absolute Gasteiger partial charge is 0.0622 e. The van der Waals surface area contributed by atoms with Crippen molar-refractivity contribution in [1.29, 1.82) is 5.26 Å². The summed E-state index contributed by atoms with van der Waals surface area (Å²) in [5, 5.41) is 18.1. The highest BCUT2D eigenvalue weighted by atomic mass is 15.2. The van der Waals surface area contributed by atoms with Crippen molar-refractivity contribution in [3.63, 3.8) is 0 Å². The molecule has 2 aliphatic rings. The zero-order valence-electron chi connectivity index (χ0n) is 10.7. The van der Waals surface area contributed by atoms with Crippen molar-refractivity contribution in [3.8, 4) is 6.07 Å². The monoisotopic (exact) mass is 239 g/mol. The van der Waals surface area contributed by atoms with Gasteiger partial charge >= 0.3 is 0 Å². The quantitative estimate of drug-likeness (QED) is 0.573. The van der Waals surface area contributed by atoms with Crippen molar-refractivity contribution in [2.24, 2.45) is 0 Å². The van der Waals surface area contributed by atoms with Crippen molar-refractivity contribution in [1.82, 2.24) is 20.9 Å². The Kier molecular flexibility index (Phi) is 8.87. The Labute approximate surface area is 105 Å². The van der Waals surface area contributed by atoms with Crippen LogP contribution in [0, 0.1) is 11.3 Å². The minimum atomic E-state index is 0.698. The largest absolute Gasteiger partial charge is 0.314 e. The number of hydrogen-bond acceptors (Lipinski definition) is 5.